The van der Waals surface area contributed by atoms with Crippen LogP contribution in [0.5, 0.6) is 0 Å². The summed E-state index contributed by atoms with van der Waals surface area (Å²) in [4.78, 5) is 39.5. The molecule has 0 radical (unpaired) electrons. The molecule has 0 aliphatic heterocycles. The SMILES string of the molecule is O=C1CCCc2[nH]c(=O)c(C(=O)N[C@H]3CCc4cc(F)ccc43)cc21. The van der Waals surface area contributed by atoms with Gasteiger partial charge in [0.05, 0.1) is 6.04 Å². The summed E-state index contributed by atoms with van der Waals surface area (Å²) in [5.74, 6) is -0.854. The van der Waals surface area contributed by atoms with E-state index in [9.17, 15) is 18.8 Å². The number of aromatic nitrogens is 1. The Morgan fingerprint density at radius 2 is 2.00 bits per heavy atom. The number of halogens is 1. The van der Waals surface area contributed by atoms with Gasteiger partial charge in [-0.15, -0.1) is 0 Å². The Kier molecular flexibility index (Phi) is 3.75. The van der Waals surface area contributed by atoms with E-state index in [0.717, 1.165) is 11.1 Å². The molecule has 1 atom stereocenters. The van der Waals surface area contributed by atoms with Crippen molar-refractivity contribution in [3.05, 3.63) is 68.4 Å². The lowest BCUT2D eigenvalue weighted by Gasteiger charge is -2.17. The molecule has 128 valence electrons. The lowest BCUT2D eigenvalue weighted by Crippen LogP contribution is -2.33. The summed E-state index contributed by atoms with van der Waals surface area (Å²) in [5, 5.41) is 2.84. The van der Waals surface area contributed by atoms with E-state index in [2.05, 4.69) is 10.3 Å². The summed E-state index contributed by atoms with van der Waals surface area (Å²) < 4.78 is 13.3. The van der Waals surface area contributed by atoms with Crippen LogP contribution in [-0.2, 0) is 12.8 Å². The second kappa shape index (κ2) is 5.95. The van der Waals surface area contributed by atoms with Crippen LogP contribution in [0.4, 0.5) is 4.39 Å². The molecule has 25 heavy (non-hydrogen) atoms. The number of benzene rings is 1. The average molecular weight is 340 g/mol. The van der Waals surface area contributed by atoms with E-state index in [1.165, 1.54) is 18.2 Å². The van der Waals surface area contributed by atoms with Gasteiger partial charge in [-0.05, 0) is 55.0 Å². The van der Waals surface area contributed by atoms with Crippen molar-refractivity contribution in [3.63, 3.8) is 0 Å². The Morgan fingerprint density at radius 3 is 2.84 bits per heavy atom. The number of hydrogen-bond donors (Lipinski definition) is 2. The molecule has 1 heterocycles. The molecule has 0 spiro atoms. The number of aromatic amines is 1. The van der Waals surface area contributed by atoms with Gasteiger partial charge in [0.25, 0.3) is 11.5 Å². The molecule has 2 aliphatic rings. The van der Waals surface area contributed by atoms with Crippen LogP contribution in [0.15, 0.2) is 29.1 Å². The van der Waals surface area contributed by atoms with Gasteiger partial charge in [0.1, 0.15) is 11.4 Å². The van der Waals surface area contributed by atoms with Crippen LogP contribution in [0, 0.1) is 5.82 Å². The highest BCUT2D eigenvalue weighted by molar-refractivity contribution is 6.01. The molecule has 0 saturated carbocycles. The number of rotatable bonds is 2. The van der Waals surface area contributed by atoms with Crippen LogP contribution in [0.1, 0.15) is 62.8 Å². The van der Waals surface area contributed by atoms with Crippen LogP contribution >= 0.6 is 0 Å². The number of Topliss-reactive ketones (excluding diaryl/α,β-unsaturated/α-hetero) is 1. The maximum atomic E-state index is 13.3. The van der Waals surface area contributed by atoms with E-state index in [4.69, 9.17) is 0 Å². The average Bonchev–Trinajstić information content (AvgIpc) is 2.96. The zero-order valence-corrected chi connectivity index (χ0v) is 13.5. The smallest absolute Gasteiger partial charge is 0.261 e. The van der Waals surface area contributed by atoms with Crippen molar-refractivity contribution < 1.29 is 14.0 Å². The predicted molar refractivity (Wildman–Crippen MR) is 89.3 cm³/mol. The monoisotopic (exact) mass is 340 g/mol. The summed E-state index contributed by atoms with van der Waals surface area (Å²) in [5.41, 5.74) is 2.26. The summed E-state index contributed by atoms with van der Waals surface area (Å²) in [6.45, 7) is 0. The van der Waals surface area contributed by atoms with E-state index in [-0.39, 0.29) is 23.2 Å². The van der Waals surface area contributed by atoms with E-state index >= 15 is 0 Å². The fourth-order valence-electron chi connectivity index (χ4n) is 3.72. The minimum atomic E-state index is -0.510. The summed E-state index contributed by atoms with van der Waals surface area (Å²) in [6.07, 6.45) is 3.12. The molecule has 0 saturated heterocycles. The Morgan fingerprint density at radius 1 is 1.16 bits per heavy atom. The van der Waals surface area contributed by atoms with E-state index in [0.29, 0.717) is 43.4 Å². The fraction of sp³-hybridized carbons (Fsp3) is 0.316. The Balaban J connectivity index is 1.62. The van der Waals surface area contributed by atoms with Gasteiger partial charge in [0, 0.05) is 17.7 Å². The first kappa shape index (κ1) is 15.7. The van der Waals surface area contributed by atoms with E-state index < -0.39 is 11.5 Å². The minimum absolute atomic E-state index is 0.0479. The van der Waals surface area contributed by atoms with Crippen LogP contribution in [0.2, 0.25) is 0 Å². The Bertz CT molecular complexity index is 948. The highest BCUT2D eigenvalue weighted by Crippen LogP contribution is 2.31. The number of ketones is 1. The van der Waals surface area contributed by atoms with E-state index in [1.54, 1.807) is 6.07 Å². The quantitative estimate of drug-likeness (QED) is 0.881. The number of nitrogens with one attached hydrogen (secondary N) is 2. The number of pyridine rings is 1. The first-order valence-corrected chi connectivity index (χ1v) is 8.41. The van der Waals surface area contributed by atoms with Crippen molar-refractivity contribution in [1.82, 2.24) is 10.3 Å². The molecular formula is C19H17FN2O3. The highest BCUT2D eigenvalue weighted by Gasteiger charge is 2.27. The first-order valence-electron chi connectivity index (χ1n) is 8.41. The highest BCUT2D eigenvalue weighted by atomic mass is 19.1. The van der Waals surface area contributed by atoms with Gasteiger partial charge in [-0.2, -0.15) is 0 Å². The third-order valence-electron chi connectivity index (χ3n) is 4.99. The van der Waals surface area contributed by atoms with Gasteiger partial charge in [0.15, 0.2) is 5.78 Å². The molecule has 0 unspecified atom stereocenters. The van der Waals surface area contributed by atoms with Gasteiger partial charge in [-0.1, -0.05) is 6.07 Å². The number of H-pyrrole nitrogens is 1. The van der Waals surface area contributed by atoms with Gasteiger partial charge < -0.3 is 10.3 Å². The van der Waals surface area contributed by atoms with Crippen LogP contribution in [0.25, 0.3) is 0 Å². The third-order valence-corrected chi connectivity index (χ3v) is 4.99. The maximum absolute atomic E-state index is 13.3. The normalized spacial score (nSPS) is 18.6. The third kappa shape index (κ3) is 2.77. The summed E-state index contributed by atoms with van der Waals surface area (Å²) >= 11 is 0. The topological polar surface area (TPSA) is 79.0 Å². The molecule has 2 aromatic rings. The number of fused-ring (bicyclic) bond motifs is 2. The van der Waals surface area contributed by atoms with Crippen molar-refractivity contribution in [2.24, 2.45) is 0 Å². The van der Waals surface area contributed by atoms with Crippen molar-refractivity contribution in [1.29, 1.82) is 0 Å². The zero-order valence-electron chi connectivity index (χ0n) is 13.5. The molecule has 1 amide bonds. The van der Waals surface area contributed by atoms with Crippen LogP contribution < -0.4 is 10.9 Å². The van der Waals surface area contributed by atoms with Crippen molar-refractivity contribution in [2.75, 3.05) is 0 Å². The van der Waals surface area contributed by atoms with Gasteiger partial charge >= 0.3 is 0 Å². The predicted octanol–water partition coefficient (Wildman–Crippen LogP) is 2.45. The molecular weight excluding hydrogens is 323 g/mol. The lowest BCUT2D eigenvalue weighted by molar-refractivity contribution is 0.0935. The molecule has 4 rings (SSSR count). The second-order valence-electron chi connectivity index (χ2n) is 6.59. The number of carbonyl (C=O) groups is 2. The van der Waals surface area contributed by atoms with Gasteiger partial charge in [0.2, 0.25) is 0 Å². The fourth-order valence-corrected chi connectivity index (χ4v) is 3.72. The second-order valence-corrected chi connectivity index (χ2v) is 6.59. The molecule has 1 aromatic carbocycles. The number of carbonyl (C=O) groups excluding carboxylic acids is 2. The lowest BCUT2D eigenvalue weighted by atomic mass is 9.93. The molecule has 2 N–H and O–H groups in total. The largest absolute Gasteiger partial charge is 0.345 e. The maximum Gasteiger partial charge on any atom is 0.261 e. The minimum Gasteiger partial charge on any atom is -0.345 e. The molecule has 5 nitrogen and oxygen atoms in total. The summed E-state index contributed by atoms with van der Waals surface area (Å²) in [6, 6.07) is 5.67. The van der Waals surface area contributed by atoms with Crippen molar-refractivity contribution >= 4 is 11.7 Å². The molecule has 2 aliphatic carbocycles. The van der Waals surface area contributed by atoms with Crippen LogP contribution in [-0.4, -0.2) is 16.7 Å². The summed E-state index contributed by atoms with van der Waals surface area (Å²) in [7, 11) is 0. The Labute approximate surface area is 143 Å². The first-order chi connectivity index (χ1) is 12.0. The molecule has 1 aromatic heterocycles. The zero-order chi connectivity index (χ0) is 17.6. The number of amides is 1. The molecule has 6 heteroatoms. The van der Waals surface area contributed by atoms with Crippen molar-refractivity contribution in [2.45, 2.75) is 38.1 Å². The molecule has 0 bridgehead atoms. The van der Waals surface area contributed by atoms with Gasteiger partial charge in [-0.3, -0.25) is 14.4 Å². The van der Waals surface area contributed by atoms with Gasteiger partial charge in [-0.25, -0.2) is 4.39 Å². The number of hydrogen-bond acceptors (Lipinski definition) is 3. The standard InChI is InChI=1S/C19H17FN2O3/c20-11-5-6-12-10(8-11)4-7-16(12)22-19(25)14-9-13-15(21-18(14)24)2-1-3-17(13)23/h5-6,8-9,16H,1-4,7H2,(H,21,24)(H,22,25)/t16-/m0/s1. The van der Waals surface area contributed by atoms with E-state index in [1.807, 2.05) is 0 Å². The van der Waals surface area contributed by atoms with Crippen LogP contribution in [0.3, 0.4) is 0 Å². The van der Waals surface area contributed by atoms with Crippen molar-refractivity contribution in [3.8, 4) is 0 Å². The molecule has 0 fully saturated rings. The Hall–Kier alpha value is -2.76. The number of aryl methyl sites for hydroxylation is 2.